The van der Waals surface area contributed by atoms with E-state index in [9.17, 15) is 9.59 Å². The van der Waals surface area contributed by atoms with E-state index in [1.54, 1.807) is 11.9 Å². The van der Waals surface area contributed by atoms with Crippen LogP contribution in [0.4, 0.5) is 5.69 Å². The second-order valence-corrected chi connectivity index (χ2v) is 7.44. The van der Waals surface area contributed by atoms with Gasteiger partial charge in [-0.15, -0.1) is 0 Å². The zero-order valence-corrected chi connectivity index (χ0v) is 17.4. The van der Waals surface area contributed by atoms with Gasteiger partial charge in [-0.3, -0.25) is 9.59 Å². The van der Waals surface area contributed by atoms with E-state index in [1.807, 2.05) is 54.6 Å². The van der Waals surface area contributed by atoms with Crippen molar-refractivity contribution in [1.29, 1.82) is 0 Å². The molecule has 0 aliphatic carbocycles. The first kappa shape index (κ1) is 20.8. The second kappa shape index (κ2) is 9.50. The summed E-state index contributed by atoms with van der Waals surface area (Å²) < 4.78 is 0. The fourth-order valence-corrected chi connectivity index (χ4v) is 3.80. The number of carbonyl (C=O) groups excluding carboxylic acids is 2. The summed E-state index contributed by atoms with van der Waals surface area (Å²) in [5, 5.41) is 2.93. The maximum atomic E-state index is 13.2. The highest BCUT2D eigenvalue weighted by Gasteiger charge is 2.32. The van der Waals surface area contributed by atoms with Crippen molar-refractivity contribution in [2.45, 2.75) is 45.7 Å². The summed E-state index contributed by atoms with van der Waals surface area (Å²) in [5.41, 5.74) is 3.30. The van der Waals surface area contributed by atoms with Crippen molar-refractivity contribution < 1.29 is 9.59 Å². The molecule has 2 aromatic rings. The van der Waals surface area contributed by atoms with Crippen LogP contribution in [0, 0.1) is 5.92 Å². The van der Waals surface area contributed by atoms with Gasteiger partial charge in [-0.05, 0) is 18.9 Å². The first-order valence-electron chi connectivity index (χ1n) is 10.4. The van der Waals surface area contributed by atoms with Crippen LogP contribution in [0.15, 0.2) is 59.6 Å². The van der Waals surface area contributed by atoms with Crippen molar-refractivity contribution in [1.82, 2.24) is 5.32 Å². The molecule has 0 aromatic heterocycles. The normalized spacial score (nSPS) is 16.3. The Labute approximate surface area is 172 Å². The molecule has 0 bridgehead atoms. The summed E-state index contributed by atoms with van der Waals surface area (Å²) in [5.74, 6) is -0.421. The summed E-state index contributed by atoms with van der Waals surface area (Å²) in [6, 6.07) is 17.5. The zero-order chi connectivity index (χ0) is 20.8. The number of hydrogen-bond acceptors (Lipinski definition) is 3. The number of benzodiazepines with no additional fused rings is 1. The van der Waals surface area contributed by atoms with E-state index in [0.717, 1.165) is 42.5 Å². The number of amides is 2. The smallest absolute Gasteiger partial charge is 0.272 e. The van der Waals surface area contributed by atoms with E-state index in [-0.39, 0.29) is 17.7 Å². The lowest BCUT2D eigenvalue weighted by molar-refractivity contribution is -0.130. The van der Waals surface area contributed by atoms with E-state index >= 15 is 0 Å². The highest BCUT2D eigenvalue weighted by Crippen LogP contribution is 2.27. The minimum absolute atomic E-state index is 0.0934. The maximum Gasteiger partial charge on any atom is 0.272 e. The average molecular weight is 392 g/mol. The number of hydrogen-bond donors (Lipinski definition) is 1. The highest BCUT2D eigenvalue weighted by molar-refractivity contribution is 6.20. The molecule has 152 valence electrons. The molecule has 0 fully saturated rings. The minimum atomic E-state index is -0.939. The van der Waals surface area contributed by atoms with Crippen molar-refractivity contribution in [2.24, 2.45) is 10.9 Å². The van der Waals surface area contributed by atoms with Gasteiger partial charge in [0.25, 0.3) is 5.91 Å². The molecule has 0 saturated carbocycles. The van der Waals surface area contributed by atoms with Gasteiger partial charge in [0.1, 0.15) is 0 Å². The standard InChI is InChI=1S/C24H29N3O2/c1-4-11-18(12-5-2)23(28)26-22-24(29)27(3)20-16-10-9-15-19(20)21(25-22)17-13-7-6-8-14-17/h6-10,13-16,18,22H,4-5,11-12H2,1-3H3,(H,26,28)/t22-/m0/s1. The molecule has 0 radical (unpaired) electrons. The predicted octanol–water partition coefficient (Wildman–Crippen LogP) is 4.16. The second-order valence-electron chi connectivity index (χ2n) is 7.44. The third-order valence-electron chi connectivity index (χ3n) is 5.31. The van der Waals surface area contributed by atoms with Crippen LogP contribution in [0.5, 0.6) is 0 Å². The summed E-state index contributed by atoms with van der Waals surface area (Å²) in [6.07, 6.45) is 2.55. The molecule has 2 aromatic carbocycles. The van der Waals surface area contributed by atoms with E-state index in [1.165, 1.54) is 0 Å². The molecule has 5 heteroatoms. The van der Waals surface area contributed by atoms with Gasteiger partial charge >= 0.3 is 0 Å². The first-order chi connectivity index (χ1) is 14.1. The van der Waals surface area contributed by atoms with Crippen LogP contribution in [0.25, 0.3) is 0 Å². The molecular weight excluding hydrogens is 362 g/mol. The lowest BCUT2D eigenvalue weighted by Crippen LogP contribution is -2.47. The van der Waals surface area contributed by atoms with Crippen molar-refractivity contribution in [3.8, 4) is 0 Å². The van der Waals surface area contributed by atoms with Crippen molar-refractivity contribution >= 4 is 23.2 Å². The lowest BCUT2D eigenvalue weighted by Gasteiger charge is -2.22. The Balaban J connectivity index is 2.01. The molecule has 0 unspecified atom stereocenters. The molecular formula is C24H29N3O2. The Kier molecular flexibility index (Phi) is 6.81. The summed E-state index contributed by atoms with van der Waals surface area (Å²) in [7, 11) is 1.74. The molecule has 1 atom stereocenters. The Morgan fingerprint density at radius 2 is 1.66 bits per heavy atom. The molecule has 5 nitrogen and oxygen atoms in total. The van der Waals surface area contributed by atoms with Crippen LogP contribution in [0.1, 0.15) is 50.7 Å². The Morgan fingerprint density at radius 1 is 1.03 bits per heavy atom. The van der Waals surface area contributed by atoms with Gasteiger partial charge in [0.2, 0.25) is 12.1 Å². The number of aliphatic imine (C=N–C) groups is 1. The summed E-state index contributed by atoms with van der Waals surface area (Å²) in [6.45, 7) is 4.14. The van der Waals surface area contributed by atoms with Crippen LogP contribution in [-0.4, -0.2) is 30.7 Å². The summed E-state index contributed by atoms with van der Waals surface area (Å²) >= 11 is 0. The van der Waals surface area contributed by atoms with E-state index in [2.05, 4.69) is 19.2 Å². The molecule has 1 heterocycles. The molecule has 1 N–H and O–H groups in total. The van der Waals surface area contributed by atoms with E-state index in [0.29, 0.717) is 5.71 Å². The third-order valence-corrected chi connectivity index (χ3v) is 5.31. The number of fused-ring (bicyclic) bond motifs is 1. The van der Waals surface area contributed by atoms with Gasteiger partial charge in [0.05, 0.1) is 11.4 Å². The van der Waals surface area contributed by atoms with Crippen LogP contribution in [0.3, 0.4) is 0 Å². The van der Waals surface area contributed by atoms with Gasteiger partial charge in [0.15, 0.2) is 0 Å². The number of likely N-dealkylation sites (N-methyl/N-ethyl adjacent to an activating group) is 1. The van der Waals surface area contributed by atoms with Crippen molar-refractivity contribution in [3.63, 3.8) is 0 Å². The van der Waals surface area contributed by atoms with E-state index in [4.69, 9.17) is 4.99 Å². The topological polar surface area (TPSA) is 61.8 Å². The molecule has 1 aliphatic rings. The zero-order valence-electron chi connectivity index (χ0n) is 17.4. The van der Waals surface area contributed by atoms with Crippen molar-refractivity contribution in [2.75, 3.05) is 11.9 Å². The van der Waals surface area contributed by atoms with Crippen LogP contribution >= 0.6 is 0 Å². The van der Waals surface area contributed by atoms with Gasteiger partial charge in [0, 0.05) is 24.1 Å². The highest BCUT2D eigenvalue weighted by atomic mass is 16.2. The Bertz CT molecular complexity index is 886. The van der Waals surface area contributed by atoms with Gasteiger partial charge in [-0.1, -0.05) is 75.2 Å². The van der Waals surface area contributed by atoms with Crippen LogP contribution < -0.4 is 10.2 Å². The third kappa shape index (κ3) is 4.56. The Morgan fingerprint density at radius 3 is 2.31 bits per heavy atom. The number of nitrogens with zero attached hydrogens (tertiary/aromatic N) is 2. The molecule has 1 aliphatic heterocycles. The van der Waals surface area contributed by atoms with Crippen molar-refractivity contribution in [3.05, 3.63) is 65.7 Å². The summed E-state index contributed by atoms with van der Waals surface area (Å²) in [4.78, 5) is 32.4. The molecule has 2 amide bonds. The number of carbonyl (C=O) groups is 2. The lowest BCUT2D eigenvalue weighted by atomic mass is 9.97. The largest absolute Gasteiger partial charge is 0.326 e. The monoisotopic (exact) mass is 391 g/mol. The number of nitrogens with one attached hydrogen (secondary N) is 1. The quantitative estimate of drug-likeness (QED) is 0.770. The minimum Gasteiger partial charge on any atom is -0.326 e. The van der Waals surface area contributed by atoms with Gasteiger partial charge in [-0.2, -0.15) is 0 Å². The molecule has 0 saturated heterocycles. The van der Waals surface area contributed by atoms with Gasteiger partial charge < -0.3 is 10.2 Å². The number of anilines is 1. The number of para-hydroxylation sites is 1. The van der Waals surface area contributed by atoms with Crippen LogP contribution in [0.2, 0.25) is 0 Å². The first-order valence-corrected chi connectivity index (χ1v) is 10.4. The number of benzene rings is 2. The van der Waals surface area contributed by atoms with Crippen LogP contribution in [-0.2, 0) is 9.59 Å². The predicted molar refractivity (Wildman–Crippen MR) is 117 cm³/mol. The fourth-order valence-electron chi connectivity index (χ4n) is 3.80. The number of rotatable bonds is 7. The maximum absolute atomic E-state index is 13.2. The molecule has 0 spiro atoms. The van der Waals surface area contributed by atoms with E-state index < -0.39 is 6.17 Å². The Hall–Kier alpha value is -2.95. The molecule has 3 rings (SSSR count). The molecule has 29 heavy (non-hydrogen) atoms. The van der Waals surface area contributed by atoms with Gasteiger partial charge in [-0.25, -0.2) is 4.99 Å². The fraction of sp³-hybridized carbons (Fsp3) is 0.375. The SMILES string of the molecule is CCCC(CCC)C(=O)N[C@@H]1N=C(c2ccccc2)c2ccccc2N(C)C1=O. The average Bonchev–Trinajstić information content (AvgIpc) is 2.85.